The van der Waals surface area contributed by atoms with Crippen LogP contribution in [0.3, 0.4) is 0 Å². The second-order valence-corrected chi connectivity index (χ2v) is 9.43. The lowest BCUT2D eigenvalue weighted by Gasteiger charge is -2.44. The number of carboxylic acid groups (broad SMARTS) is 1. The first kappa shape index (κ1) is 20.8. The number of aromatic hydroxyl groups is 1. The van der Waals surface area contributed by atoms with Crippen LogP contribution in [0.4, 0.5) is 0 Å². The van der Waals surface area contributed by atoms with Gasteiger partial charge in [0.2, 0.25) is 5.91 Å². The van der Waals surface area contributed by atoms with E-state index < -0.39 is 17.3 Å². The summed E-state index contributed by atoms with van der Waals surface area (Å²) < 4.78 is 1.97. The number of fused-ring (bicyclic) bond motifs is 2. The molecule has 1 aromatic heterocycles. The van der Waals surface area contributed by atoms with Crippen LogP contribution in [0.2, 0.25) is 0 Å². The van der Waals surface area contributed by atoms with Gasteiger partial charge in [0.05, 0.1) is 33.9 Å². The van der Waals surface area contributed by atoms with E-state index >= 15 is 0 Å². The molecule has 0 bridgehead atoms. The molecule has 0 aliphatic carbocycles. The van der Waals surface area contributed by atoms with Gasteiger partial charge in [-0.05, 0) is 30.2 Å². The maximum absolute atomic E-state index is 12.4. The van der Waals surface area contributed by atoms with E-state index in [0.717, 1.165) is 22.0 Å². The summed E-state index contributed by atoms with van der Waals surface area (Å²) in [5.74, 6) is -1.61. The number of phenolic OH excluding ortho intramolecular Hbond substituents is 1. The minimum absolute atomic E-state index is 0.0992. The SMILES string of the molecule is O=C([O-])C1C(c2ccc(C[n+]3cccc4cccc(O)c43)cc2)S[C@@H]2[C@@H](CCO)C(=O)N12. The lowest BCUT2D eigenvalue weighted by atomic mass is 9.91. The Kier molecular flexibility index (Phi) is 5.27. The van der Waals surface area contributed by atoms with E-state index in [1.807, 2.05) is 59.3 Å². The molecule has 7 nitrogen and oxygen atoms in total. The molecule has 5 rings (SSSR count). The predicted octanol–water partition coefficient (Wildman–Crippen LogP) is 0.954. The van der Waals surface area contributed by atoms with Crippen LogP contribution in [-0.2, 0) is 16.1 Å². The first-order valence-electron chi connectivity index (χ1n) is 10.5. The number of nitrogens with zero attached hydrogens (tertiary/aromatic N) is 2. The van der Waals surface area contributed by atoms with Crippen LogP contribution in [-0.4, -0.2) is 45.0 Å². The normalized spacial score (nSPS) is 24.4. The smallest absolute Gasteiger partial charge is 0.254 e. The second-order valence-electron chi connectivity index (χ2n) is 8.17. The van der Waals surface area contributed by atoms with Crippen molar-refractivity contribution in [1.29, 1.82) is 0 Å². The summed E-state index contributed by atoms with van der Waals surface area (Å²) >= 11 is 1.45. The second kappa shape index (κ2) is 8.11. The first-order chi connectivity index (χ1) is 15.5. The Morgan fingerprint density at radius 2 is 1.88 bits per heavy atom. The Morgan fingerprint density at radius 3 is 2.59 bits per heavy atom. The fourth-order valence-electron chi connectivity index (χ4n) is 4.74. The van der Waals surface area contributed by atoms with Crippen LogP contribution in [0.5, 0.6) is 5.75 Å². The van der Waals surface area contributed by atoms with Crippen molar-refractivity contribution >= 4 is 34.5 Å². The first-order valence-corrected chi connectivity index (χ1v) is 11.4. The molecule has 2 aromatic carbocycles. The minimum atomic E-state index is -1.26. The molecular formula is C24H22N2O5S. The molecule has 3 aromatic rings. The number of aliphatic hydroxyl groups excluding tert-OH is 1. The molecule has 2 aliphatic heterocycles. The van der Waals surface area contributed by atoms with Gasteiger partial charge in [0.25, 0.3) is 5.52 Å². The molecule has 2 aliphatic rings. The van der Waals surface area contributed by atoms with Crippen LogP contribution in [0.1, 0.15) is 22.8 Å². The highest BCUT2D eigenvalue weighted by Gasteiger charge is 2.58. The van der Waals surface area contributed by atoms with Gasteiger partial charge in [-0.3, -0.25) is 4.79 Å². The summed E-state index contributed by atoms with van der Waals surface area (Å²) in [5, 5.41) is 31.6. The molecule has 0 spiro atoms. The maximum atomic E-state index is 12.4. The minimum Gasteiger partial charge on any atom is -0.548 e. The number of amides is 1. The van der Waals surface area contributed by atoms with Crippen LogP contribution in [0, 0.1) is 5.92 Å². The number of β-lactam (4-membered cyclic amide) rings is 1. The molecule has 0 radical (unpaired) electrons. The number of carboxylic acids is 1. The highest BCUT2D eigenvalue weighted by Crippen LogP contribution is 2.54. The summed E-state index contributed by atoms with van der Waals surface area (Å²) in [6.45, 7) is 0.445. The summed E-state index contributed by atoms with van der Waals surface area (Å²) in [5.41, 5.74) is 2.57. The van der Waals surface area contributed by atoms with Crippen molar-refractivity contribution in [3.63, 3.8) is 0 Å². The largest absolute Gasteiger partial charge is 0.548 e. The number of aliphatic hydroxyl groups is 1. The van der Waals surface area contributed by atoms with Gasteiger partial charge in [-0.1, -0.05) is 30.3 Å². The number of rotatable bonds is 6. The number of pyridine rings is 1. The zero-order valence-corrected chi connectivity index (χ0v) is 17.9. The van der Waals surface area contributed by atoms with Gasteiger partial charge >= 0.3 is 0 Å². The highest BCUT2D eigenvalue weighted by atomic mass is 32.2. The van der Waals surface area contributed by atoms with Gasteiger partial charge in [0.15, 0.2) is 18.5 Å². The van der Waals surface area contributed by atoms with Crippen molar-refractivity contribution in [2.75, 3.05) is 6.61 Å². The van der Waals surface area contributed by atoms with Gasteiger partial charge in [-0.25, -0.2) is 0 Å². The van der Waals surface area contributed by atoms with Crippen LogP contribution < -0.4 is 9.67 Å². The topological polar surface area (TPSA) is 105 Å². The fraction of sp³-hybridized carbons (Fsp3) is 0.292. The summed E-state index contributed by atoms with van der Waals surface area (Å²) in [7, 11) is 0. The molecule has 32 heavy (non-hydrogen) atoms. The predicted molar refractivity (Wildman–Crippen MR) is 116 cm³/mol. The van der Waals surface area contributed by atoms with Crippen LogP contribution >= 0.6 is 11.8 Å². The number of carbonyl (C=O) groups excluding carboxylic acids is 2. The molecule has 1 amide bonds. The fourth-order valence-corrected chi connectivity index (χ4v) is 6.56. The number of hydrogen-bond donors (Lipinski definition) is 2. The van der Waals surface area contributed by atoms with Gasteiger partial charge in [-0.15, -0.1) is 11.8 Å². The molecule has 3 heterocycles. The zero-order chi connectivity index (χ0) is 22.4. The standard InChI is InChI=1S/C24H22N2O5S/c27-12-10-17-22(29)26-20(24(30)31)21(32-23(17)26)16-8-6-14(7-9-16)13-25-11-2-4-15-3-1-5-18(28)19(15)25/h1-9,11,17,20-21,23,27H,10,12-13H2,(H-,28,30,31)/t17-,20?,21?,23+/m0/s1. The average Bonchev–Trinajstić information content (AvgIpc) is 3.15. The van der Waals surface area contributed by atoms with E-state index in [9.17, 15) is 24.9 Å². The van der Waals surface area contributed by atoms with E-state index in [4.69, 9.17) is 0 Å². The van der Waals surface area contributed by atoms with E-state index in [1.54, 1.807) is 6.07 Å². The number of phenols is 1. The average molecular weight is 451 g/mol. The summed E-state index contributed by atoms with van der Waals surface area (Å²) in [6.07, 6.45) is 2.25. The van der Waals surface area contributed by atoms with Crippen molar-refractivity contribution in [2.24, 2.45) is 5.92 Å². The molecule has 0 saturated carbocycles. The Hall–Kier alpha value is -3.10. The third kappa shape index (κ3) is 3.30. The molecule has 164 valence electrons. The van der Waals surface area contributed by atoms with Gasteiger partial charge in [0.1, 0.15) is 0 Å². The number of carbonyl (C=O) groups is 2. The lowest BCUT2D eigenvalue weighted by molar-refractivity contribution is -0.662. The van der Waals surface area contributed by atoms with Crippen molar-refractivity contribution < 1.29 is 29.5 Å². The number of para-hydroxylation sites is 1. The Bertz CT molecular complexity index is 1190. The molecule has 4 atom stereocenters. The van der Waals surface area contributed by atoms with Crippen molar-refractivity contribution in [2.45, 2.75) is 29.6 Å². The third-order valence-electron chi connectivity index (χ3n) is 6.28. The van der Waals surface area contributed by atoms with Gasteiger partial charge in [0, 0.05) is 18.2 Å². The van der Waals surface area contributed by atoms with Crippen molar-refractivity contribution in [3.05, 3.63) is 71.9 Å². The molecule has 2 saturated heterocycles. The summed E-state index contributed by atoms with van der Waals surface area (Å²) in [6, 6.07) is 16.0. The number of benzene rings is 2. The zero-order valence-electron chi connectivity index (χ0n) is 17.1. The van der Waals surface area contributed by atoms with Gasteiger partial charge in [-0.2, -0.15) is 4.57 Å². The van der Waals surface area contributed by atoms with Crippen molar-refractivity contribution in [3.8, 4) is 5.75 Å². The quantitative estimate of drug-likeness (QED) is 0.428. The molecule has 2 fully saturated rings. The molecular weight excluding hydrogens is 428 g/mol. The Morgan fingerprint density at radius 1 is 1.12 bits per heavy atom. The number of aliphatic carboxylic acids is 1. The number of thioether (sulfide) groups is 1. The monoisotopic (exact) mass is 450 g/mol. The lowest BCUT2D eigenvalue weighted by Crippen LogP contribution is -2.63. The van der Waals surface area contributed by atoms with Crippen molar-refractivity contribution in [1.82, 2.24) is 4.90 Å². The molecule has 8 heteroatoms. The van der Waals surface area contributed by atoms with Crippen LogP contribution in [0.15, 0.2) is 60.8 Å². The highest BCUT2D eigenvalue weighted by molar-refractivity contribution is 8.00. The molecule has 2 N–H and O–H groups in total. The van der Waals surface area contributed by atoms with E-state index in [1.165, 1.54) is 16.7 Å². The van der Waals surface area contributed by atoms with E-state index in [0.29, 0.717) is 13.0 Å². The third-order valence-corrected chi connectivity index (χ3v) is 7.94. The van der Waals surface area contributed by atoms with E-state index in [2.05, 4.69) is 0 Å². The van der Waals surface area contributed by atoms with Gasteiger partial charge < -0.3 is 25.0 Å². The number of hydrogen-bond acceptors (Lipinski definition) is 6. The maximum Gasteiger partial charge on any atom is 0.254 e. The number of aromatic nitrogens is 1. The Labute approximate surface area is 188 Å². The Balaban J connectivity index is 1.39. The summed E-state index contributed by atoms with van der Waals surface area (Å²) in [4.78, 5) is 25.7. The molecule has 2 unspecified atom stereocenters. The van der Waals surface area contributed by atoms with E-state index in [-0.39, 0.29) is 29.6 Å². The van der Waals surface area contributed by atoms with Crippen LogP contribution in [0.25, 0.3) is 10.9 Å².